The smallest absolute Gasteiger partial charge is 0.311 e. The minimum Gasteiger partial charge on any atom is -0.467 e. The van der Waals surface area contributed by atoms with Crippen LogP contribution in [0.2, 0.25) is 0 Å². The maximum absolute atomic E-state index is 14.5. The Morgan fingerprint density at radius 1 is 1.05 bits per heavy atom. The highest BCUT2D eigenvalue weighted by molar-refractivity contribution is 7.22. The monoisotopic (exact) mass is 524 g/mol. The topological polar surface area (TPSA) is 86.7 Å². The van der Waals surface area contributed by atoms with Crippen LogP contribution < -0.4 is 15.0 Å². The first-order valence-corrected chi connectivity index (χ1v) is 12.0. The van der Waals surface area contributed by atoms with Crippen molar-refractivity contribution in [3.8, 4) is 39.1 Å². The molecule has 3 aromatic heterocycles. The molecule has 37 heavy (non-hydrogen) atoms. The molecule has 3 heterocycles. The highest BCUT2D eigenvalue weighted by atomic mass is 32.1. The molecule has 190 valence electrons. The lowest BCUT2D eigenvalue weighted by Crippen LogP contribution is -2.17. The lowest BCUT2D eigenvalue weighted by atomic mass is 9.94. The van der Waals surface area contributed by atoms with E-state index in [1.54, 1.807) is 57.4 Å². The third kappa shape index (κ3) is 4.61. The highest BCUT2D eigenvalue weighted by Gasteiger charge is 2.23. The molecule has 5 aromatic rings. The van der Waals surface area contributed by atoms with Crippen LogP contribution in [0.4, 0.5) is 8.78 Å². The Morgan fingerprint density at radius 3 is 2.49 bits per heavy atom. The van der Waals surface area contributed by atoms with Crippen LogP contribution in [0.3, 0.4) is 0 Å². The number of aromatic nitrogens is 2. The van der Waals surface area contributed by atoms with Crippen molar-refractivity contribution in [3.05, 3.63) is 82.3 Å². The fraction of sp³-hybridized carbons (Fsp3) is 0.185. The zero-order chi connectivity index (χ0) is 26.5. The van der Waals surface area contributed by atoms with Crippen molar-refractivity contribution >= 4 is 21.4 Å². The Hall–Kier alpha value is -4.02. The quantitative estimate of drug-likeness (QED) is 0.283. The molecule has 2 aromatic carbocycles. The summed E-state index contributed by atoms with van der Waals surface area (Å²) in [4.78, 5) is 13.7. The van der Waals surface area contributed by atoms with E-state index in [2.05, 4.69) is 5.16 Å². The summed E-state index contributed by atoms with van der Waals surface area (Å²) in [5, 5.41) is 15.1. The minimum atomic E-state index is -1.19. The van der Waals surface area contributed by atoms with E-state index in [0.717, 1.165) is 12.1 Å². The number of methoxy groups -OCH3 is 1. The lowest BCUT2D eigenvalue weighted by molar-refractivity contribution is 0.0786. The van der Waals surface area contributed by atoms with Gasteiger partial charge in [0.15, 0.2) is 11.6 Å². The van der Waals surface area contributed by atoms with E-state index in [4.69, 9.17) is 14.0 Å². The number of halogens is 2. The normalized spacial score (nSPS) is 11.8. The molecule has 0 aliphatic carbocycles. The molecule has 0 unspecified atom stereocenters. The molecule has 10 heteroatoms. The molecule has 0 aliphatic rings. The third-order valence-electron chi connectivity index (χ3n) is 5.88. The standard InChI is InChI=1S/C27H22F2N2O5S/c1-27(2,33)14-5-7-21(35-22-8-6-15(28)10-19(22)29)16(9-14)18-13-31(3)26(32)17-11-23(37-25(17)18)20-12-24(34-4)36-30-20/h5-13,33H,1-4H3. The molecular formula is C27H22F2N2O5S. The molecule has 0 atom stereocenters. The fourth-order valence-corrected chi connectivity index (χ4v) is 5.05. The molecule has 0 saturated heterocycles. The molecule has 0 bridgehead atoms. The van der Waals surface area contributed by atoms with E-state index in [1.165, 1.54) is 29.1 Å². The number of pyridine rings is 1. The van der Waals surface area contributed by atoms with Crippen molar-refractivity contribution in [2.45, 2.75) is 19.4 Å². The Kier molecular flexibility index (Phi) is 6.09. The van der Waals surface area contributed by atoms with Gasteiger partial charge >= 0.3 is 5.95 Å². The van der Waals surface area contributed by atoms with Crippen LogP contribution in [0.15, 0.2) is 64.0 Å². The van der Waals surface area contributed by atoms with Gasteiger partial charge in [0.1, 0.15) is 17.3 Å². The number of benzene rings is 2. The first kappa shape index (κ1) is 24.7. The number of thiophene rings is 1. The van der Waals surface area contributed by atoms with Gasteiger partial charge in [-0.05, 0) is 49.7 Å². The summed E-state index contributed by atoms with van der Waals surface area (Å²) < 4.78 is 46.1. The average molecular weight is 525 g/mol. The van der Waals surface area contributed by atoms with E-state index in [0.29, 0.717) is 37.3 Å². The van der Waals surface area contributed by atoms with E-state index in [-0.39, 0.29) is 23.0 Å². The lowest BCUT2D eigenvalue weighted by Gasteiger charge is -2.21. The van der Waals surface area contributed by atoms with Crippen molar-refractivity contribution < 1.29 is 27.9 Å². The van der Waals surface area contributed by atoms with Crippen molar-refractivity contribution in [2.24, 2.45) is 7.05 Å². The van der Waals surface area contributed by atoms with E-state index in [9.17, 15) is 18.7 Å². The molecule has 0 radical (unpaired) electrons. The summed E-state index contributed by atoms with van der Waals surface area (Å²) in [6, 6.07) is 11.4. The van der Waals surface area contributed by atoms with Gasteiger partial charge in [-0.15, -0.1) is 11.3 Å². The van der Waals surface area contributed by atoms with Gasteiger partial charge in [0.2, 0.25) is 0 Å². The highest BCUT2D eigenvalue weighted by Crippen LogP contribution is 2.43. The second kappa shape index (κ2) is 9.13. The number of rotatable bonds is 6. The van der Waals surface area contributed by atoms with Gasteiger partial charge in [-0.3, -0.25) is 4.79 Å². The van der Waals surface area contributed by atoms with E-state index >= 15 is 0 Å². The van der Waals surface area contributed by atoms with Crippen LogP contribution in [0.1, 0.15) is 19.4 Å². The fourth-order valence-electron chi connectivity index (χ4n) is 3.93. The van der Waals surface area contributed by atoms with Gasteiger partial charge in [-0.2, -0.15) is 0 Å². The summed E-state index contributed by atoms with van der Waals surface area (Å²) in [6.45, 7) is 3.29. The van der Waals surface area contributed by atoms with E-state index in [1.807, 2.05) is 0 Å². The van der Waals surface area contributed by atoms with Crippen molar-refractivity contribution in [2.75, 3.05) is 7.11 Å². The summed E-state index contributed by atoms with van der Waals surface area (Å²) in [6.07, 6.45) is 1.66. The van der Waals surface area contributed by atoms with Crippen molar-refractivity contribution in [1.29, 1.82) is 0 Å². The van der Waals surface area contributed by atoms with E-state index < -0.39 is 17.2 Å². The molecule has 0 fully saturated rings. The molecule has 7 nitrogen and oxygen atoms in total. The number of hydrogen-bond acceptors (Lipinski definition) is 7. The van der Waals surface area contributed by atoms with Crippen molar-refractivity contribution in [3.63, 3.8) is 0 Å². The number of aliphatic hydroxyl groups is 1. The Morgan fingerprint density at radius 2 is 1.81 bits per heavy atom. The first-order chi connectivity index (χ1) is 17.5. The first-order valence-electron chi connectivity index (χ1n) is 11.2. The summed E-state index contributed by atoms with van der Waals surface area (Å²) in [7, 11) is 3.09. The second-order valence-electron chi connectivity index (χ2n) is 8.99. The SMILES string of the molecule is COc1cc(-c2cc3c(=O)n(C)cc(-c4cc(C(C)(C)O)ccc4Oc4ccc(F)cc4F)c3s2)no1. The Balaban J connectivity index is 1.75. The van der Waals surface area contributed by atoms with Gasteiger partial charge in [0.25, 0.3) is 5.56 Å². The molecule has 0 amide bonds. The molecular weight excluding hydrogens is 502 g/mol. The predicted molar refractivity (Wildman–Crippen MR) is 136 cm³/mol. The number of aryl methyl sites for hydroxylation is 1. The maximum Gasteiger partial charge on any atom is 0.311 e. The van der Waals surface area contributed by atoms with Crippen molar-refractivity contribution in [1.82, 2.24) is 9.72 Å². The Labute approximate surface area is 214 Å². The largest absolute Gasteiger partial charge is 0.467 e. The zero-order valence-corrected chi connectivity index (χ0v) is 21.2. The average Bonchev–Trinajstić information content (AvgIpc) is 3.50. The van der Waals surface area contributed by atoms with Crippen LogP contribution in [-0.4, -0.2) is 21.9 Å². The molecule has 0 spiro atoms. The van der Waals surface area contributed by atoms with Gasteiger partial charge in [0, 0.05) is 35.1 Å². The minimum absolute atomic E-state index is 0.165. The van der Waals surface area contributed by atoms with Gasteiger partial charge in [-0.1, -0.05) is 11.2 Å². The second-order valence-corrected chi connectivity index (χ2v) is 10.0. The van der Waals surface area contributed by atoms with Crippen LogP contribution >= 0.6 is 11.3 Å². The number of ether oxygens (including phenoxy) is 2. The van der Waals surface area contributed by atoms with Crippen LogP contribution in [0, 0.1) is 11.6 Å². The molecule has 5 rings (SSSR count). The van der Waals surface area contributed by atoms with Crippen LogP contribution in [0.25, 0.3) is 31.8 Å². The molecule has 0 aliphatic heterocycles. The summed E-state index contributed by atoms with van der Waals surface area (Å²) >= 11 is 1.32. The Bertz CT molecular complexity index is 1700. The zero-order valence-electron chi connectivity index (χ0n) is 20.3. The number of fused-ring (bicyclic) bond motifs is 1. The third-order valence-corrected chi connectivity index (χ3v) is 7.07. The van der Waals surface area contributed by atoms with Crippen LogP contribution in [-0.2, 0) is 12.6 Å². The van der Waals surface area contributed by atoms with Crippen LogP contribution in [0.5, 0.6) is 17.4 Å². The molecule has 1 N–H and O–H groups in total. The predicted octanol–water partition coefficient (Wildman–Crippen LogP) is 6.23. The van der Waals surface area contributed by atoms with Gasteiger partial charge in [0.05, 0.1) is 29.0 Å². The summed E-state index contributed by atoms with van der Waals surface area (Å²) in [5.41, 5.74) is 0.798. The summed E-state index contributed by atoms with van der Waals surface area (Å²) in [5.74, 6) is -1.26. The number of nitrogens with zero attached hydrogens (tertiary/aromatic N) is 2. The maximum atomic E-state index is 14.5. The van der Waals surface area contributed by atoms with Gasteiger partial charge < -0.3 is 23.7 Å². The number of hydrogen-bond donors (Lipinski definition) is 1. The molecule has 0 saturated carbocycles. The van der Waals surface area contributed by atoms with Gasteiger partial charge in [-0.25, -0.2) is 8.78 Å².